The Labute approximate surface area is 280 Å². The van der Waals surface area contributed by atoms with Gasteiger partial charge in [0, 0.05) is 43.4 Å². The van der Waals surface area contributed by atoms with Crippen molar-refractivity contribution in [2.24, 2.45) is 5.92 Å². The van der Waals surface area contributed by atoms with Gasteiger partial charge in [-0.25, -0.2) is 9.59 Å². The van der Waals surface area contributed by atoms with Crippen LogP contribution in [-0.4, -0.2) is 84.4 Å². The lowest BCUT2D eigenvalue weighted by molar-refractivity contribution is -0.141. The number of benzene rings is 3. The third-order valence-corrected chi connectivity index (χ3v) is 8.99. The minimum absolute atomic E-state index is 0.127. The number of unbranched alkanes of at least 4 members (excludes halogenated alkanes) is 2. The first-order chi connectivity index (χ1) is 22.9. The van der Waals surface area contributed by atoms with Crippen molar-refractivity contribution in [2.75, 3.05) is 18.8 Å². The fourth-order valence-corrected chi connectivity index (χ4v) is 6.33. The number of tetrazole rings is 1. The molecule has 3 atom stereocenters. The number of aromatic nitrogens is 4. The van der Waals surface area contributed by atoms with E-state index in [0.717, 1.165) is 47.1 Å². The maximum Gasteiger partial charge on any atom is 0.326 e. The Morgan fingerprint density at radius 1 is 1.00 bits per heavy atom. The summed E-state index contributed by atoms with van der Waals surface area (Å²) in [7, 11) is 0. The number of H-pyrrole nitrogens is 1. The SMILES string of the molecule is CCCCCN(Cc1ccc(-c2ccccc2-c2nn[nH]n2)cc1)C(=O)N1C[C@@H](NC(=O)C(CS)Cc2ccccc2)C[C@H]1C(=O)O. The highest BCUT2D eigenvalue weighted by molar-refractivity contribution is 7.80. The van der Waals surface area contributed by atoms with Gasteiger partial charge >= 0.3 is 12.0 Å². The molecule has 3 N–H and O–H groups in total. The number of hydrogen-bond donors (Lipinski definition) is 4. The van der Waals surface area contributed by atoms with Crippen molar-refractivity contribution >= 4 is 30.5 Å². The van der Waals surface area contributed by atoms with E-state index in [1.54, 1.807) is 4.90 Å². The largest absolute Gasteiger partial charge is 0.480 e. The number of hydrogen-bond acceptors (Lipinski definition) is 7. The van der Waals surface area contributed by atoms with Crippen molar-refractivity contribution in [3.05, 3.63) is 90.0 Å². The number of aromatic amines is 1. The highest BCUT2D eigenvalue weighted by Crippen LogP contribution is 2.30. The molecule has 11 nitrogen and oxygen atoms in total. The zero-order valence-electron chi connectivity index (χ0n) is 26.5. The average molecular weight is 656 g/mol. The molecule has 5 rings (SSSR count). The number of carbonyl (C=O) groups excluding carboxylic acids is 2. The Kier molecular flexibility index (Phi) is 11.6. The van der Waals surface area contributed by atoms with Crippen molar-refractivity contribution in [3.63, 3.8) is 0 Å². The molecule has 1 saturated heterocycles. The highest BCUT2D eigenvalue weighted by Gasteiger charge is 2.42. The van der Waals surface area contributed by atoms with Crippen LogP contribution in [0.25, 0.3) is 22.5 Å². The monoisotopic (exact) mass is 655 g/mol. The molecule has 1 aromatic heterocycles. The second-order valence-electron chi connectivity index (χ2n) is 11.9. The zero-order chi connectivity index (χ0) is 33.2. The van der Waals surface area contributed by atoms with Crippen molar-refractivity contribution in [3.8, 4) is 22.5 Å². The van der Waals surface area contributed by atoms with Crippen LogP contribution in [0.1, 0.15) is 43.7 Å². The van der Waals surface area contributed by atoms with Gasteiger partial charge in [0.15, 0.2) is 0 Å². The molecule has 2 heterocycles. The molecule has 1 aliphatic heterocycles. The van der Waals surface area contributed by atoms with Crippen LogP contribution in [-0.2, 0) is 22.6 Å². The minimum atomic E-state index is -1.08. The molecule has 1 unspecified atom stereocenters. The lowest BCUT2D eigenvalue weighted by atomic mass is 9.98. The number of nitrogens with zero attached hydrogens (tertiary/aromatic N) is 5. The number of amides is 3. The molecule has 0 saturated carbocycles. The summed E-state index contributed by atoms with van der Waals surface area (Å²) in [5.41, 5.74) is 4.72. The maximum atomic E-state index is 14.0. The van der Waals surface area contributed by atoms with Crippen molar-refractivity contribution in [1.29, 1.82) is 0 Å². The summed E-state index contributed by atoms with van der Waals surface area (Å²) in [4.78, 5) is 42.7. The Morgan fingerprint density at radius 2 is 1.72 bits per heavy atom. The van der Waals surface area contributed by atoms with Crippen LogP contribution in [0, 0.1) is 5.92 Å². The van der Waals surface area contributed by atoms with Crippen molar-refractivity contribution in [2.45, 2.75) is 57.7 Å². The fourth-order valence-electron chi connectivity index (χ4n) is 6.04. The van der Waals surface area contributed by atoms with Crippen molar-refractivity contribution in [1.82, 2.24) is 35.7 Å². The molecular formula is C35H41N7O4S. The molecule has 3 amide bonds. The van der Waals surface area contributed by atoms with Crippen LogP contribution < -0.4 is 5.32 Å². The van der Waals surface area contributed by atoms with Crippen LogP contribution in [0.4, 0.5) is 4.79 Å². The second-order valence-corrected chi connectivity index (χ2v) is 12.3. The molecule has 0 spiro atoms. The van der Waals surface area contributed by atoms with Gasteiger partial charge in [-0.2, -0.15) is 17.8 Å². The quantitative estimate of drug-likeness (QED) is 0.110. The summed E-state index contributed by atoms with van der Waals surface area (Å²) in [6, 6.07) is 23.6. The molecule has 0 aliphatic carbocycles. The van der Waals surface area contributed by atoms with Gasteiger partial charge in [-0.3, -0.25) is 4.79 Å². The van der Waals surface area contributed by atoms with Gasteiger partial charge in [0.1, 0.15) is 6.04 Å². The van der Waals surface area contributed by atoms with Gasteiger partial charge < -0.3 is 20.2 Å². The molecular weight excluding hydrogens is 614 g/mol. The topological polar surface area (TPSA) is 144 Å². The zero-order valence-corrected chi connectivity index (χ0v) is 27.4. The highest BCUT2D eigenvalue weighted by atomic mass is 32.1. The molecule has 12 heteroatoms. The van der Waals surface area contributed by atoms with Gasteiger partial charge in [0.25, 0.3) is 0 Å². The first-order valence-electron chi connectivity index (χ1n) is 16.0. The number of urea groups is 1. The van der Waals surface area contributed by atoms with Gasteiger partial charge in [0.05, 0.1) is 5.92 Å². The van der Waals surface area contributed by atoms with Crippen molar-refractivity contribution < 1.29 is 19.5 Å². The van der Waals surface area contributed by atoms with E-state index in [4.69, 9.17) is 0 Å². The summed E-state index contributed by atoms with van der Waals surface area (Å²) >= 11 is 4.41. The molecule has 0 radical (unpaired) electrons. The first kappa shape index (κ1) is 33.6. The Bertz CT molecular complexity index is 1620. The van der Waals surface area contributed by atoms with E-state index < -0.39 is 18.1 Å². The van der Waals surface area contributed by atoms with Gasteiger partial charge in [-0.1, -0.05) is 98.6 Å². The van der Waals surface area contributed by atoms with E-state index in [-0.39, 0.29) is 30.8 Å². The fraction of sp³-hybridized carbons (Fsp3) is 0.371. The van der Waals surface area contributed by atoms with E-state index in [2.05, 4.69) is 45.5 Å². The summed E-state index contributed by atoms with van der Waals surface area (Å²) in [5.74, 6) is -0.786. The number of carboxylic acids is 1. The van der Waals surface area contributed by atoms with Crippen LogP contribution in [0.15, 0.2) is 78.9 Å². The summed E-state index contributed by atoms with van der Waals surface area (Å²) < 4.78 is 0. The maximum absolute atomic E-state index is 14.0. The predicted molar refractivity (Wildman–Crippen MR) is 183 cm³/mol. The smallest absolute Gasteiger partial charge is 0.326 e. The number of nitrogens with one attached hydrogen (secondary N) is 2. The molecule has 246 valence electrons. The van der Waals surface area contributed by atoms with Gasteiger partial charge in [-0.05, 0) is 40.3 Å². The Morgan fingerprint density at radius 3 is 2.38 bits per heavy atom. The van der Waals surface area contributed by atoms with E-state index in [9.17, 15) is 19.5 Å². The number of thiol groups is 1. The molecule has 1 fully saturated rings. The average Bonchev–Trinajstić information content (AvgIpc) is 3.78. The number of likely N-dealkylation sites (tertiary alicyclic amines) is 1. The Balaban J connectivity index is 1.29. The van der Waals surface area contributed by atoms with E-state index in [1.165, 1.54) is 4.90 Å². The third kappa shape index (κ3) is 8.56. The van der Waals surface area contributed by atoms with Crippen LogP contribution >= 0.6 is 12.6 Å². The standard InChI is InChI=1S/C35H41N7O4S/c1-2-3-9-18-41(21-25-14-16-26(17-15-25)29-12-7-8-13-30(29)32-37-39-40-38-32)35(46)42-22-28(20-31(42)34(44)45)36-33(43)27(23-47)19-24-10-5-4-6-11-24/h4-8,10-17,27-28,31,47H,2-3,9,18-23H2,1H3,(H,36,43)(H,44,45)(H,37,38,39,40)/t27?,28-,31-/m0/s1. The summed E-state index contributed by atoms with van der Waals surface area (Å²) in [6.45, 7) is 3.05. The molecule has 47 heavy (non-hydrogen) atoms. The lowest BCUT2D eigenvalue weighted by Crippen LogP contribution is -2.49. The van der Waals surface area contributed by atoms with Crippen LogP contribution in [0.5, 0.6) is 0 Å². The summed E-state index contributed by atoms with van der Waals surface area (Å²) in [6.07, 6.45) is 3.41. The van der Waals surface area contributed by atoms with E-state index in [0.29, 0.717) is 31.1 Å². The molecule has 4 aromatic rings. The van der Waals surface area contributed by atoms with E-state index >= 15 is 0 Å². The second kappa shape index (κ2) is 16.2. The van der Waals surface area contributed by atoms with Gasteiger partial charge in [-0.15, -0.1) is 10.2 Å². The minimum Gasteiger partial charge on any atom is -0.480 e. The molecule has 0 bridgehead atoms. The van der Waals surface area contributed by atoms with Crippen LogP contribution in [0.3, 0.4) is 0 Å². The first-order valence-corrected chi connectivity index (χ1v) is 16.7. The normalized spacial score (nSPS) is 16.5. The molecule has 1 aliphatic rings. The number of carboxylic acid groups (broad SMARTS) is 1. The number of rotatable bonds is 14. The Hall–Kier alpha value is -4.71. The van der Waals surface area contributed by atoms with Crippen LogP contribution in [0.2, 0.25) is 0 Å². The summed E-state index contributed by atoms with van der Waals surface area (Å²) in [5, 5.41) is 27.6. The van der Waals surface area contributed by atoms with Gasteiger partial charge in [0.2, 0.25) is 11.7 Å². The number of carbonyl (C=O) groups is 3. The third-order valence-electron chi connectivity index (χ3n) is 8.55. The van der Waals surface area contributed by atoms with E-state index in [1.807, 2.05) is 78.9 Å². The predicted octanol–water partition coefficient (Wildman–Crippen LogP) is 5.08. The lowest BCUT2D eigenvalue weighted by Gasteiger charge is -2.30. The number of aliphatic carboxylic acids is 1. The molecule has 3 aromatic carbocycles.